The zero-order valence-corrected chi connectivity index (χ0v) is 15.1. The lowest BCUT2D eigenvalue weighted by atomic mass is 10.0. The number of nitrogens with one attached hydrogen (secondary N) is 1. The zero-order valence-electron chi connectivity index (χ0n) is 15.1. The van der Waals surface area contributed by atoms with Crippen molar-refractivity contribution in [3.05, 3.63) is 41.2 Å². The first-order chi connectivity index (χ1) is 12.6. The second-order valence-electron chi connectivity index (χ2n) is 6.71. The average Bonchev–Trinajstić information content (AvgIpc) is 3.21. The molecule has 1 aromatic heterocycles. The number of imidazole rings is 1. The number of aromatic nitrogens is 2. The lowest BCUT2D eigenvalue weighted by molar-refractivity contribution is 0.246. The highest BCUT2D eigenvalue weighted by molar-refractivity contribution is 5.77. The second-order valence-corrected chi connectivity index (χ2v) is 6.71. The van der Waals surface area contributed by atoms with Crippen LogP contribution in [-0.4, -0.2) is 41.9 Å². The first kappa shape index (κ1) is 16.8. The maximum absolute atomic E-state index is 10.7. The molecule has 2 aliphatic rings. The summed E-state index contributed by atoms with van der Waals surface area (Å²) >= 11 is 0. The zero-order chi connectivity index (χ0) is 18.3. The summed E-state index contributed by atoms with van der Waals surface area (Å²) in [6.45, 7) is 0.364. The number of H-pyrrole nitrogens is 1. The Labute approximate surface area is 152 Å². The topological polar surface area (TPSA) is 96.6 Å². The van der Waals surface area contributed by atoms with E-state index in [1.54, 1.807) is 20.3 Å². The number of aliphatic hydroxyl groups excluding tert-OH is 1. The van der Waals surface area contributed by atoms with Gasteiger partial charge in [0, 0.05) is 29.6 Å². The van der Waals surface area contributed by atoms with Gasteiger partial charge in [0.1, 0.15) is 29.2 Å². The number of aliphatic hydroxyl groups is 1. The van der Waals surface area contributed by atoms with Crippen LogP contribution < -0.4 is 20.1 Å². The number of rotatable bonds is 4. The summed E-state index contributed by atoms with van der Waals surface area (Å²) in [6, 6.07) is 5.55. The summed E-state index contributed by atoms with van der Waals surface area (Å²) in [4.78, 5) is 9.94. The van der Waals surface area contributed by atoms with E-state index in [0.717, 1.165) is 30.6 Å². The first-order valence-electron chi connectivity index (χ1n) is 8.87. The summed E-state index contributed by atoms with van der Waals surface area (Å²) in [5.74, 6) is 2.52. The molecule has 1 aliphatic heterocycles. The van der Waals surface area contributed by atoms with Gasteiger partial charge < -0.3 is 30.2 Å². The molecule has 0 bridgehead atoms. The maximum atomic E-state index is 10.7. The van der Waals surface area contributed by atoms with Crippen molar-refractivity contribution in [3.8, 4) is 11.5 Å². The van der Waals surface area contributed by atoms with Gasteiger partial charge in [0.25, 0.3) is 0 Å². The Morgan fingerprint density at radius 3 is 2.50 bits per heavy atom. The van der Waals surface area contributed by atoms with Crippen molar-refractivity contribution in [2.24, 2.45) is 5.73 Å². The van der Waals surface area contributed by atoms with Gasteiger partial charge in [-0.3, -0.25) is 0 Å². The summed E-state index contributed by atoms with van der Waals surface area (Å²) in [7, 11) is 3.21. The van der Waals surface area contributed by atoms with E-state index in [0.29, 0.717) is 35.3 Å². The lowest BCUT2D eigenvalue weighted by Crippen LogP contribution is -2.26. The van der Waals surface area contributed by atoms with Crippen molar-refractivity contribution in [2.45, 2.75) is 31.8 Å². The molecule has 0 saturated carbocycles. The smallest absolute Gasteiger partial charge is 0.140 e. The molecule has 2 heterocycles. The number of benzene rings is 1. The first-order valence-corrected chi connectivity index (χ1v) is 8.87. The Morgan fingerprint density at radius 1 is 1.15 bits per heavy atom. The molecule has 0 radical (unpaired) electrons. The van der Waals surface area contributed by atoms with E-state index in [-0.39, 0.29) is 0 Å². The molecule has 26 heavy (non-hydrogen) atoms. The van der Waals surface area contributed by atoms with Gasteiger partial charge in [0.05, 0.1) is 32.0 Å². The van der Waals surface area contributed by atoms with Crippen LogP contribution in [0, 0.1) is 0 Å². The number of aromatic amines is 1. The molecule has 1 atom stereocenters. The Kier molecular flexibility index (Phi) is 4.24. The molecule has 1 unspecified atom stereocenters. The van der Waals surface area contributed by atoms with Crippen molar-refractivity contribution in [2.75, 3.05) is 25.7 Å². The molecule has 7 nitrogen and oxygen atoms in total. The van der Waals surface area contributed by atoms with Gasteiger partial charge >= 0.3 is 0 Å². The van der Waals surface area contributed by atoms with Crippen LogP contribution >= 0.6 is 0 Å². The fourth-order valence-electron chi connectivity index (χ4n) is 3.73. The molecule has 1 aliphatic carbocycles. The van der Waals surface area contributed by atoms with Crippen LogP contribution in [0.3, 0.4) is 0 Å². The minimum atomic E-state index is -0.709. The van der Waals surface area contributed by atoms with Gasteiger partial charge in [-0.25, -0.2) is 4.98 Å². The predicted molar refractivity (Wildman–Crippen MR) is 99.2 cm³/mol. The van der Waals surface area contributed by atoms with Crippen LogP contribution in [-0.2, 0) is 12.8 Å². The standard InChI is InChI=1S/C19H24N4O3/c1-25-12-7-11(8-13(9-12)26-2)23-10-16(24)17(18(23)20)19-21-14-5-3-4-6-15(14)22-19/h7-9,16,24H,3-6,10,20H2,1-2H3,(H,21,22). The number of nitrogens with two attached hydrogens (primary N) is 1. The minimum Gasteiger partial charge on any atom is -0.497 e. The van der Waals surface area contributed by atoms with Crippen LogP contribution in [0.25, 0.3) is 5.57 Å². The number of aryl methyl sites for hydroxylation is 2. The second kappa shape index (κ2) is 6.57. The van der Waals surface area contributed by atoms with E-state index in [4.69, 9.17) is 20.2 Å². The van der Waals surface area contributed by atoms with Crippen LogP contribution in [0.2, 0.25) is 0 Å². The van der Waals surface area contributed by atoms with Gasteiger partial charge in [-0.15, -0.1) is 0 Å². The number of ether oxygens (including phenoxy) is 2. The van der Waals surface area contributed by atoms with Crippen molar-refractivity contribution in [3.63, 3.8) is 0 Å². The molecule has 0 amide bonds. The van der Waals surface area contributed by atoms with Crippen LogP contribution in [0.5, 0.6) is 11.5 Å². The van der Waals surface area contributed by atoms with Gasteiger partial charge in [0.15, 0.2) is 0 Å². The van der Waals surface area contributed by atoms with Crippen molar-refractivity contribution >= 4 is 11.3 Å². The number of nitrogens with zero attached hydrogens (tertiary/aromatic N) is 2. The highest BCUT2D eigenvalue weighted by Crippen LogP contribution is 2.36. The molecule has 4 rings (SSSR count). The van der Waals surface area contributed by atoms with Crippen molar-refractivity contribution in [1.29, 1.82) is 0 Å². The third-order valence-electron chi connectivity index (χ3n) is 5.11. The number of anilines is 1. The lowest BCUT2D eigenvalue weighted by Gasteiger charge is -2.21. The fraction of sp³-hybridized carbons (Fsp3) is 0.421. The van der Waals surface area contributed by atoms with Gasteiger partial charge in [-0.1, -0.05) is 0 Å². The SMILES string of the molecule is COc1cc(OC)cc(N2CC(O)C(c3nc4c([nH]3)CCCC4)=C2N)c1. The third-order valence-corrected chi connectivity index (χ3v) is 5.11. The monoisotopic (exact) mass is 356 g/mol. The summed E-state index contributed by atoms with van der Waals surface area (Å²) in [5, 5.41) is 10.7. The molecule has 0 saturated heterocycles. The largest absolute Gasteiger partial charge is 0.497 e. The van der Waals surface area contributed by atoms with E-state index in [1.165, 1.54) is 12.1 Å². The molecule has 0 fully saturated rings. The Bertz CT molecular complexity index is 813. The average molecular weight is 356 g/mol. The van der Waals surface area contributed by atoms with Gasteiger partial charge in [0.2, 0.25) is 0 Å². The Hall–Kier alpha value is -2.67. The summed E-state index contributed by atoms with van der Waals surface area (Å²) in [6.07, 6.45) is 3.60. The highest BCUT2D eigenvalue weighted by Gasteiger charge is 2.33. The fourth-order valence-corrected chi connectivity index (χ4v) is 3.73. The molecule has 4 N–H and O–H groups in total. The van der Waals surface area contributed by atoms with Crippen LogP contribution in [0.15, 0.2) is 24.0 Å². The van der Waals surface area contributed by atoms with Crippen LogP contribution in [0.1, 0.15) is 30.1 Å². The van der Waals surface area contributed by atoms with Crippen molar-refractivity contribution < 1.29 is 14.6 Å². The summed E-state index contributed by atoms with van der Waals surface area (Å²) < 4.78 is 10.7. The third kappa shape index (κ3) is 2.78. The predicted octanol–water partition coefficient (Wildman–Crippen LogP) is 1.81. The molecule has 0 spiro atoms. The number of fused-ring (bicyclic) bond motifs is 1. The molecule has 1 aromatic carbocycles. The number of hydrogen-bond acceptors (Lipinski definition) is 6. The number of β-amino-alcohol motifs (C(OH)–C–C–N with tert-alkyl or cyclic N) is 1. The molecule has 7 heteroatoms. The highest BCUT2D eigenvalue weighted by atomic mass is 16.5. The van der Waals surface area contributed by atoms with Crippen LogP contribution in [0.4, 0.5) is 5.69 Å². The van der Waals surface area contributed by atoms with E-state index in [2.05, 4.69) is 4.98 Å². The quantitative estimate of drug-likeness (QED) is 0.773. The number of methoxy groups -OCH3 is 2. The van der Waals surface area contributed by atoms with E-state index < -0.39 is 6.10 Å². The van der Waals surface area contributed by atoms with E-state index >= 15 is 0 Å². The Balaban J connectivity index is 1.73. The van der Waals surface area contributed by atoms with E-state index in [1.807, 2.05) is 17.0 Å². The summed E-state index contributed by atoms with van der Waals surface area (Å²) in [5.41, 5.74) is 10.2. The molecular weight excluding hydrogens is 332 g/mol. The van der Waals surface area contributed by atoms with Gasteiger partial charge in [-0.05, 0) is 25.7 Å². The van der Waals surface area contributed by atoms with Gasteiger partial charge in [-0.2, -0.15) is 0 Å². The number of hydrogen-bond donors (Lipinski definition) is 3. The minimum absolute atomic E-state index is 0.364. The van der Waals surface area contributed by atoms with E-state index in [9.17, 15) is 5.11 Å². The Morgan fingerprint density at radius 2 is 1.85 bits per heavy atom. The molecule has 2 aromatic rings. The normalized spacial score (nSPS) is 19.7. The van der Waals surface area contributed by atoms with Crippen molar-refractivity contribution in [1.82, 2.24) is 9.97 Å². The molecule has 138 valence electrons. The molecular formula is C19H24N4O3. The maximum Gasteiger partial charge on any atom is 0.140 e.